The van der Waals surface area contributed by atoms with Crippen LogP contribution in [0.2, 0.25) is 0 Å². The molecule has 156 valence electrons. The van der Waals surface area contributed by atoms with Gasteiger partial charge in [-0.15, -0.1) is 11.8 Å². The van der Waals surface area contributed by atoms with E-state index in [-0.39, 0.29) is 10.8 Å². The molecule has 0 atom stereocenters. The van der Waals surface area contributed by atoms with Gasteiger partial charge in [-0.3, -0.25) is 9.52 Å². The average molecular weight is 443 g/mol. The first-order valence-electron chi connectivity index (χ1n) is 9.10. The van der Waals surface area contributed by atoms with Crippen LogP contribution in [0.5, 0.6) is 5.75 Å². The molecule has 0 aliphatic heterocycles. The summed E-state index contributed by atoms with van der Waals surface area (Å²) in [4.78, 5) is 13.6. The van der Waals surface area contributed by atoms with Gasteiger partial charge in [-0.25, -0.2) is 8.42 Å². The van der Waals surface area contributed by atoms with E-state index in [1.54, 1.807) is 67.4 Å². The first kappa shape index (κ1) is 21.7. The highest BCUT2D eigenvalue weighted by Gasteiger charge is 2.14. The third-order valence-corrected chi connectivity index (χ3v) is 6.54. The van der Waals surface area contributed by atoms with E-state index in [1.165, 1.54) is 0 Å². The minimum Gasteiger partial charge on any atom is -0.496 e. The topological polar surface area (TPSA) is 84.5 Å². The molecular weight excluding hydrogens is 420 g/mol. The van der Waals surface area contributed by atoms with Gasteiger partial charge in [-0.05, 0) is 60.9 Å². The SMILES string of the molecule is COc1ccccc1CNC(=O)c1ccc(NS(=O)(=O)c2ccc(SC)cc2)cc1. The van der Waals surface area contributed by atoms with Crippen molar-refractivity contribution in [3.05, 3.63) is 83.9 Å². The lowest BCUT2D eigenvalue weighted by Gasteiger charge is -2.11. The van der Waals surface area contributed by atoms with Gasteiger partial charge in [0.05, 0.1) is 12.0 Å². The van der Waals surface area contributed by atoms with Crippen LogP contribution in [0.25, 0.3) is 0 Å². The molecule has 30 heavy (non-hydrogen) atoms. The molecule has 1 amide bonds. The average Bonchev–Trinajstić information content (AvgIpc) is 2.78. The number of para-hydroxylation sites is 1. The van der Waals surface area contributed by atoms with E-state index in [4.69, 9.17) is 4.74 Å². The Morgan fingerprint density at radius 1 is 0.967 bits per heavy atom. The van der Waals surface area contributed by atoms with Crippen LogP contribution in [-0.2, 0) is 16.6 Å². The van der Waals surface area contributed by atoms with Crippen LogP contribution in [0, 0.1) is 0 Å². The zero-order chi connectivity index (χ0) is 21.6. The van der Waals surface area contributed by atoms with Crippen LogP contribution in [0.1, 0.15) is 15.9 Å². The molecule has 2 N–H and O–H groups in total. The fourth-order valence-corrected chi connectivity index (χ4v) is 4.25. The van der Waals surface area contributed by atoms with Gasteiger partial charge in [0.15, 0.2) is 0 Å². The van der Waals surface area contributed by atoms with Crippen LogP contribution in [0.15, 0.2) is 82.6 Å². The van der Waals surface area contributed by atoms with E-state index < -0.39 is 10.0 Å². The van der Waals surface area contributed by atoms with E-state index in [0.29, 0.717) is 23.5 Å². The van der Waals surface area contributed by atoms with Gasteiger partial charge in [0.25, 0.3) is 15.9 Å². The molecule has 0 aliphatic carbocycles. The number of carbonyl (C=O) groups is 1. The van der Waals surface area contributed by atoms with Gasteiger partial charge in [0.1, 0.15) is 5.75 Å². The number of amides is 1. The Morgan fingerprint density at radius 3 is 2.27 bits per heavy atom. The van der Waals surface area contributed by atoms with Gasteiger partial charge in [-0.2, -0.15) is 0 Å². The molecule has 8 heteroatoms. The van der Waals surface area contributed by atoms with Gasteiger partial charge < -0.3 is 10.1 Å². The van der Waals surface area contributed by atoms with Crippen molar-refractivity contribution < 1.29 is 17.9 Å². The van der Waals surface area contributed by atoms with E-state index in [0.717, 1.165) is 10.5 Å². The Bertz CT molecular complexity index is 1110. The first-order chi connectivity index (χ1) is 14.4. The van der Waals surface area contributed by atoms with Gasteiger partial charge in [0, 0.05) is 28.3 Å². The molecule has 0 saturated carbocycles. The number of anilines is 1. The lowest BCUT2D eigenvalue weighted by Crippen LogP contribution is -2.23. The summed E-state index contributed by atoms with van der Waals surface area (Å²) < 4.78 is 32.9. The number of nitrogens with one attached hydrogen (secondary N) is 2. The van der Waals surface area contributed by atoms with Crippen LogP contribution in [0.3, 0.4) is 0 Å². The molecule has 3 aromatic rings. The Hall–Kier alpha value is -2.97. The lowest BCUT2D eigenvalue weighted by atomic mass is 10.1. The van der Waals surface area contributed by atoms with E-state index >= 15 is 0 Å². The highest BCUT2D eigenvalue weighted by atomic mass is 32.2. The number of ether oxygens (including phenoxy) is 1. The predicted octanol–water partition coefficient (Wildman–Crippen LogP) is 4.15. The quantitative estimate of drug-likeness (QED) is 0.512. The molecular formula is C22H22N2O4S2. The Balaban J connectivity index is 1.64. The molecule has 0 unspecified atom stereocenters. The fourth-order valence-electron chi connectivity index (χ4n) is 2.79. The Kier molecular flexibility index (Phi) is 7.02. The monoisotopic (exact) mass is 442 g/mol. The van der Waals surface area contributed by atoms with Crippen molar-refractivity contribution in [1.29, 1.82) is 0 Å². The third-order valence-electron chi connectivity index (χ3n) is 4.40. The fraction of sp³-hybridized carbons (Fsp3) is 0.136. The highest BCUT2D eigenvalue weighted by molar-refractivity contribution is 7.98. The number of thioether (sulfide) groups is 1. The molecule has 0 heterocycles. The van der Waals surface area contributed by atoms with E-state index in [9.17, 15) is 13.2 Å². The van der Waals surface area contributed by atoms with Crippen LogP contribution in [-0.4, -0.2) is 27.7 Å². The van der Waals surface area contributed by atoms with Crippen molar-refractivity contribution in [2.24, 2.45) is 0 Å². The Morgan fingerprint density at radius 2 is 1.63 bits per heavy atom. The summed E-state index contributed by atoms with van der Waals surface area (Å²) in [5, 5.41) is 2.83. The molecule has 6 nitrogen and oxygen atoms in total. The van der Waals surface area contributed by atoms with Crippen molar-refractivity contribution in [3.8, 4) is 5.75 Å². The number of carbonyl (C=O) groups excluding carboxylic acids is 1. The smallest absolute Gasteiger partial charge is 0.261 e. The van der Waals surface area contributed by atoms with Crippen LogP contribution >= 0.6 is 11.8 Å². The zero-order valence-electron chi connectivity index (χ0n) is 16.6. The minimum atomic E-state index is -3.70. The summed E-state index contributed by atoms with van der Waals surface area (Å²) in [5.41, 5.74) is 1.67. The molecule has 0 bridgehead atoms. The van der Waals surface area contributed by atoms with Crippen LogP contribution < -0.4 is 14.8 Å². The summed E-state index contributed by atoms with van der Waals surface area (Å²) in [7, 11) is -2.12. The van der Waals surface area contributed by atoms with Gasteiger partial charge in [0.2, 0.25) is 0 Å². The molecule has 3 aromatic carbocycles. The molecule has 0 fully saturated rings. The summed E-state index contributed by atoms with van der Waals surface area (Å²) in [6.45, 7) is 0.323. The number of methoxy groups -OCH3 is 1. The van der Waals surface area contributed by atoms with Crippen molar-refractivity contribution in [1.82, 2.24) is 5.32 Å². The maximum atomic E-state index is 12.5. The van der Waals surface area contributed by atoms with Crippen molar-refractivity contribution in [2.75, 3.05) is 18.1 Å². The third kappa shape index (κ3) is 5.34. The molecule has 0 aromatic heterocycles. The molecule has 0 aliphatic rings. The van der Waals surface area contributed by atoms with Crippen LogP contribution in [0.4, 0.5) is 5.69 Å². The number of hydrogen-bond donors (Lipinski definition) is 2. The second-order valence-corrected chi connectivity index (χ2v) is 8.91. The molecule has 0 spiro atoms. The lowest BCUT2D eigenvalue weighted by molar-refractivity contribution is 0.0950. The zero-order valence-corrected chi connectivity index (χ0v) is 18.2. The predicted molar refractivity (Wildman–Crippen MR) is 120 cm³/mol. The van der Waals surface area contributed by atoms with Crippen molar-refractivity contribution in [3.63, 3.8) is 0 Å². The molecule has 0 saturated heterocycles. The van der Waals surface area contributed by atoms with E-state index in [1.807, 2.05) is 30.5 Å². The summed E-state index contributed by atoms with van der Waals surface area (Å²) in [6.07, 6.45) is 1.93. The maximum Gasteiger partial charge on any atom is 0.261 e. The number of benzene rings is 3. The number of rotatable bonds is 8. The highest BCUT2D eigenvalue weighted by Crippen LogP contribution is 2.21. The number of hydrogen-bond acceptors (Lipinski definition) is 5. The second kappa shape index (κ2) is 9.69. The Labute approximate surface area is 180 Å². The standard InChI is InChI=1S/C22H22N2O4S2/c1-28-21-6-4-3-5-17(21)15-23-22(25)16-7-9-18(10-8-16)24-30(26,27)20-13-11-19(29-2)12-14-20/h3-14,24H,15H2,1-2H3,(H,23,25). The summed E-state index contributed by atoms with van der Waals surface area (Å²) in [5.74, 6) is 0.441. The molecule has 3 rings (SSSR count). The molecule has 0 radical (unpaired) electrons. The van der Waals surface area contributed by atoms with E-state index in [2.05, 4.69) is 10.0 Å². The van der Waals surface area contributed by atoms with Crippen molar-refractivity contribution in [2.45, 2.75) is 16.3 Å². The normalized spacial score (nSPS) is 11.0. The first-order valence-corrected chi connectivity index (χ1v) is 11.8. The maximum absolute atomic E-state index is 12.5. The van der Waals surface area contributed by atoms with Gasteiger partial charge in [-0.1, -0.05) is 18.2 Å². The largest absolute Gasteiger partial charge is 0.496 e. The van der Waals surface area contributed by atoms with Gasteiger partial charge >= 0.3 is 0 Å². The number of sulfonamides is 1. The summed E-state index contributed by atoms with van der Waals surface area (Å²) >= 11 is 1.54. The summed E-state index contributed by atoms with van der Waals surface area (Å²) in [6, 6.07) is 20.4. The van der Waals surface area contributed by atoms with Crippen molar-refractivity contribution >= 4 is 33.4 Å². The minimum absolute atomic E-state index is 0.180. The second-order valence-electron chi connectivity index (χ2n) is 6.35.